The first-order chi connectivity index (χ1) is 9.83. The first-order valence-corrected chi connectivity index (χ1v) is 7.45. The Balaban J connectivity index is 1.63. The Morgan fingerprint density at radius 1 is 1.30 bits per heavy atom. The van der Waals surface area contributed by atoms with Gasteiger partial charge in [-0.3, -0.25) is 0 Å². The van der Waals surface area contributed by atoms with Crippen LogP contribution in [0, 0.1) is 6.92 Å². The summed E-state index contributed by atoms with van der Waals surface area (Å²) in [5.74, 6) is 1.45. The molecule has 0 spiro atoms. The molecule has 1 N–H and O–H groups in total. The number of nitrogens with zero attached hydrogens (tertiary/aromatic N) is 2. The molecule has 1 atom stereocenters. The molecule has 3 rings (SSSR count). The molecule has 2 heterocycles. The summed E-state index contributed by atoms with van der Waals surface area (Å²) in [5.41, 5.74) is 2.23. The Labute approximate surface area is 119 Å². The number of aryl methyl sites for hydroxylation is 2. The summed E-state index contributed by atoms with van der Waals surface area (Å²) in [6.45, 7) is 3.21. The number of nitrogens with one attached hydrogen (secondary N) is 1. The van der Waals surface area contributed by atoms with Gasteiger partial charge in [0.25, 0.3) is 0 Å². The van der Waals surface area contributed by atoms with Crippen LogP contribution in [-0.2, 0) is 6.42 Å². The van der Waals surface area contributed by atoms with Crippen molar-refractivity contribution >= 4 is 0 Å². The van der Waals surface area contributed by atoms with E-state index in [1.807, 2.05) is 18.2 Å². The SMILES string of the molecule is Cc1ccccc1-c1noc(CCC2CCCCN2)n1. The molecule has 0 amide bonds. The Morgan fingerprint density at radius 2 is 2.20 bits per heavy atom. The molecule has 1 aliphatic heterocycles. The number of hydrogen-bond donors (Lipinski definition) is 1. The molecule has 1 fully saturated rings. The Morgan fingerprint density at radius 3 is 3.00 bits per heavy atom. The number of rotatable bonds is 4. The second kappa shape index (κ2) is 6.18. The molecule has 1 unspecified atom stereocenters. The van der Waals surface area contributed by atoms with E-state index in [1.165, 1.54) is 24.8 Å². The number of benzene rings is 1. The van der Waals surface area contributed by atoms with Gasteiger partial charge in [-0.25, -0.2) is 0 Å². The van der Waals surface area contributed by atoms with E-state index in [4.69, 9.17) is 4.52 Å². The van der Waals surface area contributed by atoms with Gasteiger partial charge < -0.3 is 9.84 Å². The van der Waals surface area contributed by atoms with Crippen molar-refractivity contribution in [1.82, 2.24) is 15.5 Å². The fourth-order valence-corrected chi connectivity index (χ4v) is 2.76. The molecule has 0 saturated carbocycles. The molecular formula is C16H21N3O. The Hall–Kier alpha value is -1.68. The molecule has 0 aliphatic carbocycles. The first kappa shape index (κ1) is 13.3. The lowest BCUT2D eigenvalue weighted by Crippen LogP contribution is -2.34. The minimum Gasteiger partial charge on any atom is -0.339 e. The minimum atomic E-state index is 0.609. The van der Waals surface area contributed by atoms with Crippen LogP contribution in [0.3, 0.4) is 0 Å². The molecule has 106 valence electrons. The lowest BCUT2D eigenvalue weighted by molar-refractivity contribution is 0.342. The molecule has 0 radical (unpaired) electrons. The highest BCUT2D eigenvalue weighted by Crippen LogP contribution is 2.20. The van der Waals surface area contributed by atoms with Crippen LogP contribution >= 0.6 is 0 Å². The van der Waals surface area contributed by atoms with Crippen molar-refractivity contribution in [3.05, 3.63) is 35.7 Å². The van der Waals surface area contributed by atoms with E-state index in [0.717, 1.165) is 30.8 Å². The van der Waals surface area contributed by atoms with Crippen LogP contribution in [0.4, 0.5) is 0 Å². The van der Waals surface area contributed by atoms with Crippen molar-refractivity contribution in [2.75, 3.05) is 6.54 Å². The fraction of sp³-hybridized carbons (Fsp3) is 0.500. The summed E-state index contributed by atoms with van der Waals surface area (Å²) in [4.78, 5) is 4.52. The zero-order valence-electron chi connectivity index (χ0n) is 11.9. The molecule has 0 bridgehead atoms. The van der Waals surface area contributed by atoms with Crippen LogP contribution in [-0.4, -0.2) is 22.7 Å². The maximum absolute atomic E-state index is 5.38. The second-order valence-electron chi connectivity index (χ2n) is 5.51. The molecular weight excluding hydrogens is 250 g/mol. The lowest BCUT2D eigenvalue weighted by Gasteiger charge is -2.22. The third-order valence-electron chi connectivity index (χ3n) is 3.97. The summed E-state index contributed by atoms with van der Waals surface area (Å²) < 4.78 is 5.38. The monoisotopic (exact) mass is 271 g/mol. The van der Waals surface area contributed by atoms with E-state index < -0.39 is 0 Å². The van der Waals surface area contributed by atoms with Crippen molar-refractivity contribution in [2.24, 2.45) is 0 Å². The molecule has 4 nitrogen and oxygen atoms in total. The van der Waals surface area contributed by atoms with E-state index in [2.05, 4.69) is 28.4 Å². The van der Waals surface area contributed by atoms with E-state index in [0.29, 0.717) is 11.9 Å². The van der Waals surface area contributed by atoms with Gasteiger partial charge in [0.2, 0.25) is 11.7 Å². The lowest BCUT2D eigenvalue weighted by atomic mass is 10.0. The van der Waals surface area contributed by atoms with Gasteiger partial charge in [0.05, 0.1) is 0 Å². The molecule has 1 aromatic heterocycles. The summed E-state index contributed by atoms with van der Waals surface area (Å²) in [5, 5.41) is 7.65. The molecule has 20 heavy (non-hydrogen) atoms. The van der Waals surface area contributed by atoms with E-state index in [1.54, 1.807) is 0 Å². The number of hydrogen-bond acceptors (Lipinski definition) is 4. The van der Waals surface area contributed by atoms with Crippen LogP contribution in [0.2, 0.25) is 0 Å². The Kier molecular flexibility index (Phi) is 4.11. The van der Waals surface area contributed by atoms with Gasteiger partial charge in [0, 0.05) is 18.0 Å². The highest BCUT2D eigenvalue weighted by Gasteiger charge is 2.15. The van der Waals surface area contributed by atoms with E-state index >= 15 is 0 Å². The molecule has 1 aromatic carbocycles. The number of aromatic nitrogens is 2. The van der Waals surface area contributed by atoms with Crippen LogP contribution < -0.4 is 5.32 Å². The fourth-order valence-electron chi connectivity index (χ4n) is 2.76. The first-order valence-electron chi connectivity index (χ1n) is 7.45. The third kappa shape index (κ3) is 3.07. The highest BCUT2D eigenvalue weighted by atomic mass is 16.5. The quantitative estimate of drug-likeness (QED) is 0.928. The van der Waals surface area contributed by atoms with Gasteiger partial charge in [-0.05, 0) is 38.3 Å². The zero-order chi connectivity index (χ0) is 13.8. The van der Waals surface area contributed by atoms with Crippen molar-refractivity contribution < 1.29 is 4.52 Å². The standard InChI is InChI=1S/C16H21N3O/c1-12-6-2-3-8-14(12)16-18-15(20-19-16)10-9-13-7-4-5-11-17-13/h2-3,6,8,13,17H,4-5,7,9-11H2,1H3. The predicted octanol–water partition coefficient (Wildman–Crippen LogP) is 3.12. The topological polar surface area (TPSA) is 51.0 Å². The third-order valence-corrected chi connectivity index (χ3v) is 3.97. The van der Waals surface area contributed by atoms with Crippen molar-refractivity contribution in [3.63, 3.8) is 0 Å². The molecule has 1 aliphatic rings. The van der Waals surface area contributed by atoms with Crippen molar-refractivity contribution in [3.8, 4) is 11.4 Å². The zero-order valence-corrected chi connectivity index (χ0v) is 11.9. The summed E-state index contributed by atoms with van der Waals surface area (Å²) in [7, 11) is 0. The molecule has 1 saturated heterocycles. The van der Waals surface area contributed by atoms with E-state index in [9.17, 15) is 0 Å². The largest absolute Gasteiger partial charge is 0.339 e. The minimum absolute atomic E-state index is 0.609. The van der Waals surface area contributed by atoms with Crippen LogP contribution in [0.25, 0.3) is 11.4 Å². The highest BCUT2D eigenvalue weighted by molar-refractivity contribution is 5.58. The van der Waals surface area contributed by atoms with Gasteiger partial charge in [-0.2, -0.15) is 4.98 Å². The Bertz CT molecular complexity index is 558. The van der Waals surface area contributed by atoms with Crippen LogP contribution in [0.15, 0.2) is 28.8 Å². The van der Waals surface area contributed by atoms with Gasteiger partial charge in [-0.1, -0.05) is 35.8 Å². The second-order valence-corrected chi connectivity index (χ2v) is 5.51. The summed E-state index contributed by atoms with van der Waals surface area (Å²) in [6.07, 6.45) is 5.83. The normalized spacial score (nSPS) is 19.1. The average Bonchev–Trinajstić information content (AvgIpc) is 2.95. The van der Waals surface area contributed by atoms with Gasteiger partial charge in [0.1, 0.15) is 0 Å². The van der Waals surface area contributed by atoms with Crippen LogP contribution in [0.5, 0.6) is 0 Å². The summed E-state index contributed by atoms with van der Waals surface area (Å²) >= 11 is 0. The van der Waals surface area contributed by atoms with Gasteiger partial charge in [-0.15, -0.1) is 0 Å². The van der Waals surface area contributed by atoms with E-state index in [-0.39, 0.29) is 0 Å². The van der Waals surface area contributed by atoms with Crippen molar-refractivity contribution in [2.45, 2.75) is 45.1 Å². The average molecular weight is 271 g/mol. The van der Waals surface area contributed by atoms with Crippen molar-refractivity contribution in [1.29, 1.82) is 0 Å². The van der Waals surface area contributed by atoms with Gasteiger partial charge >= 0.3 is 0 Å². The molecule has 2 aromatic rings. The number of piperidine rings is 1. The maximum Gasteiger partial charge on any atom is 0.227 e. The predicted molar refractivity (Wildman–Crippen MR) is 78.4 cm³/mol. The van der Waals surface area contributed by atoms with Crippen LogP contribution in [0.1, 0.15) is 37.1 Å². The smallest absolute Gasteiger partial charge is 0.227 e. The summed E-state index contributed by atoms with van der Waals surface area (Å²) in [6, 6.07) is 8.74. The van der Waals surface area contributed by atoms with Gasteiger partial charge in [0.15, 0.2) is 0 Å². The molecule has 4 heteroatoms. The maximum atomic E-state index is 5.38.